The van der Waals surface area contributed by atoms with Gasteiger partial charge < -0.3 is 10.1 Å². The molecule has 0 radical (unpaired) electrons. The number of hydrogen-bond acceptors (Lipinski definition) is 3. The van der Waals surface area contributed by atoms with Gasteiger partial charge in [-0.1, -0.05) is 42.5 Å². The van der Waals surface area contributed by atoms with Crippen molar-refractivity contribution in [2.75, 3.05) is 7.11 Å². The summed E-state index contributed by atoms with van der Waals surface area (Å²) in [5.41, 5.74) is 2.60. The number of aryl methyl sites for hydroxylation is 1. The second-order valence-electron chi connectivity index (χ2n) is 5.30. The smallest absolute Gasteiger partial charge is 0.275 e. The minimum atomic E-state index is -0.149. The van der Waals surface area contributed by atoms with Gasteiger partial charge in [-0.25, -0.2) is 4.99 Å². The normalized spacial score (nSPS) is 15.4. The number of ether oxygens (including phenoxy) is 1. The molecule has 0 saturated heterocycles. The van der Waals surface area contributed by atoms with Gasteiger partial charge in [-0.2, -0.15) is 0 Å². The fraction of sp³-hybridized carbons (Fsp3) is 0.158. The highest BCUT2D eigenvalue weighted by Crippen LogP contribution is 2.17. The van der Waals surface area contributed by atoms with Crippen LogP contribution < -0.4 is 10.1 Å². The largest absolute Gasteiger partial charge is 0.497 e. The number of amidine groups is 1. The van der Waals surface area contributed by atoms with Gasteiger partial charge in [0.1, 0.15) is 17.3 Å². The Morgan fingerprint density at radius 2 is 1.78 bits per heavy atom. The van der Waals surface area contributed by atoms with Crippen molar-refractivity contribution in [3.63, 3.8) is 0 Å². The molecule has 0 spiro atoms. The summed E-state index contributed by atoms with van der Waals surface area (Å²) < 4.78 is 5.12. The van der Waals surface area contributed by atoms with Crippen LogP contribution in [-0.4, -0.2) is 18.9 Å². The second-order valence-corrected chi connectivity index (χ2v) is 5.30. The molecule has 4 heteroatoms. The molecule has 1 amide bonds. The van der Waals surface area contributed by atoms with Gasteiger partial charge in [-0.3, -0.25) is 4.79 Å². The van der Waals surface area contributed by atoms with Crippen LogP contribution in [0.3, 0.4) is 0 Å². The van der Waals surface area contributed by atoms with Crippen molar-refractivity contribution in [3.8, 4) is 5.75 Å². The summed E-state index contributed by atoms with van der Waals surface area (Å²) >= 11 is 0. The van der Waals surface area contributed by atoms with Gasteiger partial charge in [0.2, 0.25) is 0 Å². The summed E-state index contributed by atoms with van der Waals surface area (Å²) in [6, 6.07) is 17.7. The molecular formula is C19H18N2O2. The molecule has 0 fully saturated rings. The van der Waals surface area contributed by atoms with Gasteiger partial charge in [0.25, 0.3) is 5.91 Å². The molecule has 0 unspecified atom stereocenters. The van der Waals surface area contributed by atoms with E-state index in [1.807, 2.05) is 42.5 Å². The fourth-order valence-corrected chi connectivity index (χ4v) is 2.40. The van der Waals surface area contributed by atoms with Crippen LogP contribution in [-0.2, 0) is 11.2 Å². The van der Waals surface area contributed by atoms with Crippen LogP contribution in [0, 0.1) is 0 Å². The number of nitrogens with one attached hydrogen (secondary N) is 1. The lowest BCUT2D eigenvalue weighted by atomic mass is 10.1. The monoisotopic (exact) mass is 306 g/mol. The second kappa shape index (κ2) is 6.92. The van der Waals surface area contributed by atoms with Crippen molar-refractivity contribution in [1.82, 2.24) is 5.32 Å². The molecule has 2 aromatic carbocycles. The van der Waals surface area contributed by atoms with Crippen LogP contribution in [0.25, 0.3) is 6.08 Å². The van der Waals surface area contributed by atoms with Crippen molar-refractivity contribution in [3.05, 3.63) is 71.4 Å². The number of nitrogens with zero attached hydrogens (tertiary/aromatic N) is 1. The molecule has 0 aromatic heterocycles. The number of amides is 1. The molecule has 1 N–H and O–H groups in total. The van der Waals surface area contributed by atoms with Crippen molar-refractivity contribution in [2.24, 2.45) is 4.99 Å². The Balaban J connectivity index is 1.69. The summed E-state index contributed by atoms with van der Waals surface area (Å²) in [7, 11) is 1.63. The lowest BCUT2D eigenvalue weighted by Gasteiger charge is -2.00. The van der Waals surface area contributed by atoms with E-state index >= 15 is 0 Å². The number of rotatable bonds is 5. The Morgan fingerprint density at radius 3 is 2.48 bits per heavy atom. The SMILES string of the molecule is COc1ccc(/C=C2\N=C(CCc3ccccc3)NC2=O)cc1. The van der Waals surface area contributed by atoms with Crippen molar-refractivity contribution in [1.29, 1.82) is 0 Å². The van der Waals surface area contributed by atoms with E-state index < -0.39 is 0 Å². The maximum Gasteiger partial charge on any atom is 0.275 e. The predicted molar refractivity (Wildman–Crippen MR) is 91.3 cm³/mol. The molecule has 4 nitrogen and oxygen atoms in total. The highest BCUT2D eigenvalue weighted by Gasteiger charge is 2.19. The molecule has 1 heterocycles. The summed E-state index contributed by atoms with van der Waals surface area (Å²) in [5.74, 6) is 1.36. The summed E-state index contributed by atoms with van der Waals surface area (Å²) in [4.78, 5) is 16.4. The minimum Gasteiger partial charge on any atom is -0.497 e. The quantitative estimate of drug-likeness (QED) is 0.862. The fourth-order valence-electron chi connectivity index (χ4n) is 2.40. The maximum atomic E-state index is 12.0. The van der Waals surface area contributed by atoms with E-state index in [9.17, 15) is 4.79 Å². The molecule has 2 aromatic rings. The van der Waals surface area contributed by atoms with E-state index in [0.29, 0.717) is 5.70 Å². The molecule has 1 aliphatic heterocycles. The topological polar surface area (TPSA) is 50.7 Å². The van der Waals surface area contributed by atoms with Gasteiger partial charge in [0.15, 0.2) is 0 Å². The number of hydrogen-bond donors (Lipinski definition) is 1. The third-order valence-electron chi connectivity index (χ3n) is 3.66. The van der Waals surface area contributed by atoms with E-state index in [1.54, 1.807) is 13.2 Å². The van der Waals surface area contributed by atoms with Crippen LogP contribution in [0.4, 0.5) is 0 Å². The molecule has 0 bridgehead atoms. The third kappa shape index (κ3) is 3.86. The zero-order valence-electron chi connectivity index (χ0n) is 13.0. The number of carbonyl (C=O) groups excluding carboxylic acids is 1. The number of methoxy groups -OCH3 is 1. The van der Waals surface area contributed by atoms with E-state index in [4.69, 9.17) is 4.74 Å². The predicted octanol–water partition coefficient (Wildman–Crippen LogP) is 3.20. The molecule has 0 aliphatic carbocycles. The Hall–Kier alpha value is -2.88. The Kier molecular flexibility index (Phi) is 4.52. The average molecular weight is 306 g/mol. The number of aliphatic imine (C=N–C) groups is 1. The molecular weight excluding hydrogens is 288 g/mol. The molecule has 116 valence electrons. The van der Waals surface area contributed by atoms with Crippen LogP contribution >= 0.6 is 0 Å². The first-order valence-corrected chi connectivity index (χ1v) is 7.53. The summed E-state index contributed by atoms with van der Waals surface area (Å²) in [6.07, 6.45) is 3.36. The molecule has 0 atom stereocenters. The molecule has 23 heavy (non-hydrogen) atoms. The molecule has 0 saturated carbocycles. The standard InChI is InChI=1S/C19H18N2O2/c1-23-16-10-7-15(8-11-16)13-17-19(22)21-18(20-17)12-9-14-5-3-2-4-6-14/h2-8,10-11,13H,9,12H2,1H3,(H,20,21,22)/b17-13-. The van der Waals surface area contributed by atoms with Crippen molar-refractivity contribution in [2.45, 2.75) is 12.8 Å². The van der Waals surface area contributed by atoms with Crippen LogP contribution in [0.2, 0.25) is 0 Å². The van der Waals surface area contributed by atoms with E-state index in [0.717, 1.165) is 30.0 Å². The highest BCUT2D eigenvalue weighted by molar-refractivity contribution is 6.14. The van der Waals surface area contributed by atoms with Crippen LogP contribution in [0.5, 0.6) is 5.75 Å². The Labute approximate surface area is 135 Å². The lowest BCUT2D eigenvalue weighted by Crippen LogP contribution is -2.24. The Bertz CT molecular complexity index is 747. The van der Waals surface area contributed by atoms with Crippen LogP contribution in [0.15, 0.2) is 65.3 Å². The number of carbonyl (C=O) groups is 1. The molecule has 1 aliphatic rings. The molecule has 3 rings (SSSR count). The van der Waals surface area contributed by atoms with Crippen LogP contribution in [0.1, 0.15) is 17.5 Å². The first-order chi connectivity index (χ1) is 11.2. The lowest BCUT2D eigenvalue weighted by molar-refractivity contribution is -0.115. The minimum absolute atomic E-state index is 0.149. The van der Waals surface area contributed by atoms with Gasteiger partial charge in [-0.15, -0.1) is 0 Å². The third-order valence-corrected chi connectivity index (χ3v) is 3.66. The zero-order chi connectivity index (χ0) is 16.1. The van der Waals surface area contributed by atoms with Crippen molar-refractivity contribution >= 4 is 17.8 Å². The zero-order valence-corrected chi connectivity index (χ0v) is 13.0. The van der Waals surface area contributed by atoms with E-state index in [2.05, 4.69) is 22.4 Å². The van der Waals surface area contributed by atoms with E-state index in [-0.39, 0.29) is 5.91 Å². The highest BCUT2D eigenvalue weighted by atomic mass is 16.5. The average Bonchev–Trinajstić information content (AvgIpc) is 2.94. The maximum absolute atomic E-state index is 12.0. The van der Waals surface area contributed by atoms with Gasteiger partial charge >= 0.3 is 0 Å². The van der Waals surface area contributed by atoms with Gasteiger partial charge in [0.05, 0.1) is 7.11 Å². The van der Waals surface area contributed by atoms with Gasteiger partial charge in [-0.05, 0) is 35.8 Å². The number of benzene rings is 2. The summed E-state index contributed by atoms with van der Waals surface area (Å²) in [6.45, 7) is 0. The first kappa shape index (κ1) is 15.0. The van der Waals surface area contributed by atoms with Crippen molar-refractivity contribution < 1.29 is 9.53 Å². The first-order valence-electron chi connectivity index (χ1n) is 7.53. The summed E-state index contributed by atoms with van der Waals surface area (Å²) in [5, 5.41) is 2.84. The van der Waals surface area contributed by atoms with Gasteiger partial charge in [0, 0.05) is 6.42 Å². The van der Waals surface area contributed by atoms with E-state index in [1.165, 1.54) is 5.56 Å². The Morgan fingerprint density at radius 1 is 1.04 bits per heavy atom.